The lowest BCUT2D eigenvalue weighted by Crippen LogP contribution is -2.38. The van der Waals surface area contributed by atoms with Crippen LogP contribution in [0.3, 0.4) is 0 Å². The zero-order valence-electron chi connectivity index (χ0n) is 13.0. The van der Waals surface area contributed by atoms with Crippen LogP contribution in [0.1, 0.15) is 57.8 Å². The number of piperidine rings is 1. The first-order valence-electron chi connectivity index (χ1n) is 8.45. The first-order valence-corrected chi connectivity index (χ1v) is 8.45. The highest BCUT2D eigenvalue weighted by Crippen LogP contribution is 2.25. The molecule has 2 amide bonds. The van der Waals surface area contributed by atoms with Crippen molar-refractivity contribution in [2.45, 2.75) is 63.8 Å². The highest BCUT2D eigenvalue weighted by Gasteiger charge is 2.22. The standard InChI is InChI=1S/C16H29N3O2/c17-14-6-4-5-13(11-14)12-15(20)18-8-7-16(21)19-9-2-1-3-10-19/h13-14H,1-12,17H2,(H,18,20). The second kappa shape index (κ2) is 8.37. The van der Waals surface area contributed by atoms with Crippen molar-refractivity contribution in [2.24, 2.45) is 11.7 Å². The van der Waals surface area contributed by atoms with Crippen LogP contribution in [0, 0.1) is 5.92 Å². The number of rotatable bonds is 5. The summed E-state index contributed by atoms with van der Waals surface area (Å²) in [6.07, 6.45) is 8.72. The van der Waals surface area contributed by atoms with Gasteiger partial charge in [0.15, 0.2) is 0 Å². The number of nitrogens with one attached hydrogen (secondary N) is 1. The molecular weight excluding hydrogens is 266 g/mol. The number of likely N-dealkylation sites (tertiary alicyclic amines) is 1. The van der Waals surface area contributed by atoms with Crippen molar-refractivity contribution in [2.75, 3.05) is 19.6 Å². The molecule has 21 heavy (non-hydrogen) atoms. The number of carbonyl (C=O) groups excluding carboxylic acids is 2. The molecule has 0 bridgehead atoms. The largest absolute Gasteiger partial charge is 0.356 e. The predicted octanol–water partition coefficient (Wildman–Crippen LogP) is 1.41. The van der Waals surface area contributed by atoms with Crippen molar-refractivity contribution >= 4 is 11.8 Å². The summed E-state index contributed by atoms with van der Waals surface area (Å²) < 4.78 is 0. The molecule has 0 aromatic rings. The molecule has 1 saturated carbocycles. The summed E-state index contributed by atoms with van der Waals surface area (Å²) in [6, 6.07) is 0.261. The van der Waals surface area contributed by atoms with Gasteiger partial charge in [0.1, 0.15) is 0 Å². The van der Waals surface area contributed by atoms with Gasteiger partial charge in [-0.2, -0.15) is 0 Å². The van der Waals surface area contributed by atoms with E-state index in [4.69, 9.17) is 5.73 Å². The Bertz CT molecular complexity index is 353. The maximum absolute atomic E-state index is 12.0. The van der Waals surface area contributed by atoms with Gasteiger partial charge in [0.05, 0.1) is 0 Å². The van der Waals surface area contributed by atoms with Gasteiger partial charge in [-0.1, -0.05) is 6.42 Å². The lowest BCUT2D eigenvalue weighted by Gasteiger charge is -2.27. The normalized spacial score (nSPS) is 26.4. The molecule has 2 fully saturated rings. The molecule has 0 radical (unpaired) electrons. The van der Waals surface area contributed by atoms with E-state index in [0.29, 0.717) is 25.3 Å². The first-order chi connectivity index (χ1) is 10.1. The van der Waals surface area contributed by atoms with Crippen LogP contribution in [0.5, 0.6) is 0 Å². The number of nitrogens with two attached hydrogens (primary N) is 1. The topological polar surface area (TPSA) is 75.4 Å². The van der Waals surface area contributed by atoms with Crippen LogP contribution in [0.4, 0.5) is 0 Å². The molecule has 0 aromatic heterocycles. The minimum atomic E-state index is 0.0699. The summed E-state index contributed by atoms with van der Waals surface area (Å²) in [6.45, 7) is 2.23. The lowest BCUT2D eigenvalue weighted by molar-refractivity contribution is -0.132. The SMILES string of the molecule is NC1CCCC(CC(=O)NCCC(=O)N2CCCCC2)C1. The average Bonchev–Trinajstić information content (AvgIpc) is 2.48. The molecule has 1 saturated heterocycles. The van der Waals surface area contributed by atoms with E-state index >= 15 is 0 Å². The van der Waals surface area contributed by atoms with Crippen LogP contribution in [-0.2, 0) is 9.59 Å². The second-order valence-electron chi connectivity index (χ2n) is 6.54. The van der Waals surface area contributed by atoms with Crippen molar-refractivity contribution < 1.29 is 9.59 Å². The van der Waals surface area contributed by atoms with E-state index in [1.165, 1.54) is 6.42 Å². The summed E-state index contributed by atoms with van der Waals surface area (Å²) >= 11 is 0. The molecule has 0 aromatic carbocycles. The van der Waals surface area contributed by atoms with Crippen molar-refractivity contribution in [3.8, 4) is 0 Å². The summed E-state index contributed by atoms with van der Waals surface area (Å²) in [5.74, 6) is 0.668. The minimum absolute atomic E-state index is 0.0699. The molecule has 5 heteroatoms. The molecule has 2 unspecified atom stereocenters. The molecule has 5 nitrogen and oxygen atoms in total. The van der Waals surface area contributed by atoms with Crippen molar-refractivity contribution in [3.05, 3.63) is 0 Å². The van der Waals surface area contributed by atoms with Crippen LogP contribution in [0.25, 0.3) is 0 Å². The van der Waals surface area contributed by atoms with E-state index in [9.17, 15) is 9.59 Å². The molecule has 0 spiro atoms. The van der Waals surface area contributed by atoms with E-state index in [-0.39, 0.29) is 17.9 Å². The van der Waals surface area contributed by atoms with Gasteiger partial charge in [0.2, 0.25) is 11.8 Å². The third-order valence-electron chi connectivity index (χ3n) is 4.67. The molecule has 1 aliphatic carbocycles. The molecular formula is C16H29N3O2. The van der Waals surface area contributed by atoms with Crippen molar-refractivity contribution in [1.82, 2.24) is 10.2 Å². The van der Waals surface area contributed by atoms with Gasteiger partial charge in [-0.25, -0.2) is 0 Å². The molecule has 2 atom stereocenters. The van der Waals surface area contributed by atoms with E-state index < -0.39 is 0 Å². The van der Waals surface area contributed by atoms with Gasteiger partial charge in [-0.15, -0.1) is 0 Å². The lowest BCUT2D eigenvalue weighted by atomic mass is 9.84. The second-order valence-corrected chi connectivity index (χ2v) is 6.54. The smallest absolute Gasteiger partial charge is 0.224 e. The van der Waals surface area contributed by atoms with Crippen molar-refractivity contribution in [3.63, 3.8) is 0 Å². The van der Waals surface area contributed by atoms with Crippen molar-refractivity contribution in [1.29, 1.82) is 0 Å². The summed E-state index contributed by atoms with van der Waals surface area (Å²) in [5, 5.41) is 2.89. The maximum atomic E-state index is 12.0. The summed E-state index contributed by atoms with van der Waals surface area (Å²) in [5.41, 5.74) is 5.94. The Balaban J connectivity index is 1.59. The Morgan fingerprint density at radius 1 is 1.10 bits per heavy atom. The fourth-order valence-electron chi connectivity index (χ4n) is 3.46. The molecule has 3 N–H and O–H groups in total. The quantitative estimate of drug-likeness (QED) is 0.805. The average molecular weight is 295 g/mol. The Morgan fingerprint density at radius 3 is 2.57 bits per heavy atom. The molecule has 1 heterocycles. The van der Waals surface area contributed by atoms with Gasteiger partial charge >= 0.3 is 0 Å². The number of hydrogen-bond acceptors (Lipinski definition) is 3. The van der Waals surface area contributed by atoms with E-state index in [1.807, 2.05) is 4.90 Å². The minimum Gasteiger partial charge on any atom is -0.356 e. The predicted molar refractivity (Wildman–Crippen MR) is 82.6 cm³/mol. The summed E-state index contributed by atoms with van der Waals surface area (Å²) in [4.78, 5) is 25.8. The van der Waals surface area contributed by atoms with Gasteiger partial charge in [0, 0.05) is 38.5 Å². The highest BCUT2D eigenvalue weighted by atomic mass is 16.2. The van der Waals surface area contributed by atoms with E-state index in [0.717, 1.165) is 51.6 Å². The van der Waals surface area contributed by atoms with Crippen LogP contribution >= 0.6 is 0 Å². The fourth-order valence-corrected chi connectivity index (χ4v) is 3.46. The number of carbonyl (C=O) groups is 2. The van der Waals surface area contributed by atoms with Gasteiger partial charge < -0.3 is 16.0 Å². The van der Waals surface area contributed by atoms with Crippen LogP contribution in [0.15, 0.2) is 0 Å². The Kier molecular flexibility index (Phi) is 6.49. The highest BCUT2D eigenvalue weighted by molar-refractivity contribution is 5.79. The van der Waals surface area contributed by atoms with E-state index in [1.54, 1.807) is 0 Å². The molecule has 120 valence electrons. The van der Waals surface area contributed by atoms with Crippen LogP contribution in [0.2, 0.25) is 0 Å². The molecule has 1 aliphatic heterocycles. The molecule has 2 aliphatic rings. The Hall–Kier alpha value is -1.10. The zero-order valence-corrected chi connectivity index (χ0v) is 13.0. The number of amides is 2. The van der Waals surface area contributed by atoms with Gasteiger partial charge in [-0.3, -0.25) is 9.59 Å². The Morgan fingerprint density at radius 2 is 1.86 bits per heavy atom. The fraction of sp³-hybridized carbons (Fsp3) is 0.875. The number of nitrogens with zero attached hydrogens (tertiary/aromatic N) is 1. The first kappa shape index (κ1) is 16.3. The zero-order chi connectivity index (χ0) is 15.1. The van der Waals surface area contributed by atoms with Gasteiger partial charge in [-0.05, 0) is 44.4 Å². The van der Waals surface area contributed by atoms with E-state index in [2.05, 4.69) is 5.32 Å². The molecule has 2 rings (SSSR count). The Labute approximate surface area is 127 Å². The summed E-state index contributed by atoms with van der Waals surface area (Å²) in [7, 11) is 0. The third-order valence-corrected chi connectivity index (χ3v) is 4.67. The monoisotopic (exact) mass is 295 g/mol. The maximum Gasteiger partial charge on any atom is 0.224 e. The third kappa shape index (κ3) is 5.65. The number of hydrogen-bond donors (Lipinski definition) is 2. The van der Waals surface area contributed by atoms with Gasteiger partial charge in [0.25, 0.3) is 0 Å². The van der Waals surface area contributed by atoms with Crippen LogP contribution < -0.4 is 11.1 Å². The van der Waals surface area contributed by atoms with Crippen LogP contribution in [-0.4, -0.2) is 42.4 Å².